The second-order valence-electron chi connectivity index (χ2n) is 6.86. The van der Waals surface area contributed by atoms with Crippen LogP contribution in [0.4, 0.5) is 0 Å². The SMILES string of the molecule is Cl.Cn1cc(CN2C[C@@H](CN)[C@H](c3ccccc3)C2)c(-c2cccs2)n1. The molecule has 2 atom stereocenters. The van der Waals surface area contributed by atoms with E-state index in [0.29, 0.717) is 11.8 Å². The van der Waals surface area contributed by atoms with Crippen LogP contribution in [0.15, 0.2) is 54.0 Å². The third kappa shape index (κ3) is 3.86. The summed E-state index contributed by atoms with van der Waals surface area (Å²) in [5.41, 5.74) is 9.91. The fourth-order valence-corrected chi connectivity index (χ4v) is 4.67. The number of benzene rings is 1. The topological polar surface area (TPSA) is 47.1 Å². The first kappa shape index (κ1) is 19.1. The summed E-state index contributed by atoms with van der Waals surface area (Å²) in [7, 11) is 2.00. The van der Waals surface area contributed by atoms with Crippen LogP contribution in [0.1, 0.15) is 17.0 Å². The van der Waals surface area contributed by atoms with Crippen molar-refractivity contribution in [2.45, 2.75) is 12.5 Å². The monoisotopic (exact) mass is 388 g/mol. The number of hydrogen-bond donors (Lipinski definition) is 1. The average Bonchev–Trinajstić information content (AvgIpc) is 3.35. The molecule has 1 saturated heterocycles. The first-order valence-electron chi connectivity index (χ1n) is 8.78. The minimum atomic E-state index is 0. The molecule has 3 heterocycles. The van der Waals surface area contributed by atoms with Crippen LogP contribution in [0.2, 0.25) is 0 Å². The lowest BCUT2D eigenvalue weighted by molar-refractivity contribution is 0.317. The number of thiophene rings is 1. The van der Waals surface area contributed by atoms with Crippen LogP contribution in [0, 0.1) is 5.92 Å². The normalized spacial score (nSPS) is 20.2. The largest absolute Gasteiger partial charge is 0.330 e. The number of nitrogens with zero attached hydrogens (tertiary/aromatic N) is 3. The molecular formula is C20H25ClN4S. The van der Waals surface area contributed by atoms with Crippen LogP contribution in [0.5, 0.6) is 0 Å². The molecule has 1 fully saturated rings. The molecule has 6 heteroatoms. The predicted molar refractivity (Wildman–Crippen MR) is 111 cm³/mol. The number of halogens is 1. The summed E-state index contributed by atoms with van der Waals surface area (Å²) in [5, 5.41) is 6.80. The van der Waals surface area contributed by atoms with Crippen molar-refractivity contribution >= 4 is 23.7 Å². The van der Waals surface area contributed by atoms with Crippen LogP contribution in [0.25, 0.3) is 10.6 Å². The summed E-state index contributed by atoms with van der Waals surface area (Å²) in [4.78, 5) is 3.77. The van der Waals surface area contributed by atoms with Crippen LogP contribution >= 0.6 is 23.7 Å². The van der Waals surface area contributed by atoms with E-state index in [0.717, 1.165) is 31.9 Å². The zero-order chi connectivity index (χ0) is 17.2. The molecule has 0 bridgehead atoms. The van der Waals surface area contributed by atoms with Crippen molar-refractivity contribution in [2.75, 3.05) is 19.6 Å². The van der Waals surface area contributed by atoms with E-state index in [1.165, 1.54) is 16.0 Å². The molecular weight excluding hydrogens is 364 g/mol. The Balaban J connectivity index is 0.00000196. The van der Waals surface area contributed by atoms with Crippen LogP contribution < -0.4 is 5.73 Å². The van der Waals surface area contributed by atoms with Crippen molar-refractivity contribution in [1.29, 1.82) is 0 Å². The van der Waals surface area contributed by atoms with E-state index in [9.17, 15) is 0 Å². The lowest BCUT2D eigenvalue weighted by Crippen LogP contribution is -2.23. The van der Waals surface area contributed by atoms with Gasteiger partial charge in [0.05, 0.1) is 4.88 Å². The maximum Gasteiger partial charge on any atom is 0.107 e. The molecule has 1 aromatic carbocycles. The Labute approximate surface area is 165 Å². The third-order valence-electron chi connectivity index (χ3n) is 5.10. The number of aromatic nitrogens is 2. The predicted octanol–water partition coefficient (Wildman–Crippen LogP) is 3.74. The zero-order valence-corrected chi connectivity index (χ0v) is 16.5. The molecule has 138 valence electrons. The number of hydrogen-bond acceptors (Lipinski definition) is 4. The van der Waals surface area contributed by atoms with Gasteiger partial charge in [0.2, 0.25) is 0 Å². The first-order valence-corrected chi connectivity index (χ1v) is 9.66. The summed E-state index contributed by atoms with van der Waals surface area (Å²) in [6.45, 7) is 3.78. The summed E-state index contributed by atoms with van der Waals surface area (Å²) in [6.07, 6.45) is 2.16. The average molecular weight is 389 g/mol. The third-order valence-corrected chi connectivity index (χ3v) is 5.98. The summed E-state index contributed by atoms with van der Waals surface area (Å²) >= 11 is 1.75. The molecule has 0 aliphatic carbocycles. The molecule has 26 heavy (non-hydrogen) atoms. The van der Waals surface area contributed by atoms with Gasteiger partial charge in [-0.15, -0.1) is 23.7 Å². The van der Waals surface area contributed by atoms with Gasteiger partial charge in [-0.3, -0.25) is 9.58 Å². The Hall–Kier alpha value is -1.66. The molecule has 0 spiro atoms. The molecule has 4 rings (SSSR count). The number of nitrogens with two attached hydrogens (primary N) is 1. The van der Waals surface area contributed by atoms with Crippen molar-refractivity contribution in [2.24, 2.45) is 18.7 Å². The molecule has 4 nitrogen and oxygen atoms in total. The molecule has 0 saturated carbocycles. The Morgan fingerprint density at radius 1 is 1.15 bits per heavy atom. The lowest BCUT2D eigenvalue weighted by atomic mass is 9.89. The highest BCUT2D eigenvalue weighted by Crippen LogP contribution is 2.34. The van der Waals surface area contributed by atoms with Crippen LogP contribution in [-0.4, -0.2) is 34.3 Å². The van der Waals surface area contributed by atoms with Gasteiger partial charge in [-0.1, -0.05) is 36.4 Å². The van der Waals surface area contributed by atoms with Crippen LogP contribution in [-0.2, 0) is 13.6 Å². The number of rotatable bonds is 5. The Morgan fingerprint density at radius 3 is 2.65 bits per heavy atom. The van der Waals surface area contributed by atoms with E-state index in [4.69, 9.17) is 5.73 Å². The highest BCUT2D eigenvalue weighted by atomic mass is 35.5. The highest BCUT2D eigenvalue weighted by molar-refractivity contribution is 7.13. The standard InChI is InChI=1S/C20H24N4S.ClH/c1-23-11-17(20(22-23)19-8-5-9-25-19)13-24-12-16(10-21)18(14-24)15-6-3-2-4-7-15;/h2-9,11,16,18H,10,12-14,21H2,1H3;1H/t16-,18+;/m1./s1. The molecule has 1 aliphatic heterocycles. The maximum absolute atomic E-state index is 6.09. The lowest BCUT2D eigenvalue weighted by Gasteiger charge is -2.16. The minimum absolute atomic E-state index is 0. The van der Waals surface area contributed by atoms with E-state index in [1.54, 1.807) is 11.3 Å². The van der Waals surface area contributed by atoms with Gasteiger partial charge in [0.1, 0.15) is 5.69 Å². The number of aryl methyl sites for hydroxylation is 1. The van der Waals surface area contributed by atoms with Crippen LogP contribution in [0.3, 0.4) is 0 Å². The molecule has 0 amide bonds. The van der Waals surface area contributed by atoms with E-state index >= 15 is 0 Å². The maximum atomic E-state index is 6.09. The zero-order valence-electron chi connectivity index (χ0n) is 14.9. The van der Waals surface area contributed by atoms with Gasteiger partial charge in [0, 0.05) is 44.4 Å². The van der Waals surface area contributed by atoms with Gasteiger partial charge in [-0.2, -0.15) is 5.10 Å². The quantitative estimate of drug-likeness (QED) is 0.724. The Morgan fingerprint density at radius 2 is 1.96 bits per heavy atom. The van der Waals surface area contributed by atoms with E-state index < -0.39 is 0 Å². The summed E-state index contributed by atoms with van der Waals surface area (Å²) < 4.78 is 1.93. The molecule has 2 N–H and O–H groups in total. The Bertz CT molecular complexity index is 816. The van der Waals surface area contributed by atoms with Gasteiger partial charge >= 0.3 is 0 Å². The number of likely N-dealkylation sites (tertiary alicyclic amines) is 1. The second kappa shape index (κ2) is 8.35. The first-order chi connectivity index (χ1) is 12.2. The van der Waals surface area contributed by atoms with E-state index in [-0.39, 0.29) is 12.4 Å². The minimum Gasteiger partial charge on any atom is -0.330 e. The van der Waals surface area contributed by atoms with Gasteiger partial charge in [-0.25, -0.2) is 0 Å². The fourth-order valence-electron chi connectivity index (χ4n) is 3.92. The Kier molecular flexibility index (Phi) is 6.14. The molecule has 1 aliphatic rings. The summed E-state index contributed by atoms with van der Waals surface area (Å²) in [6, 6.07) is 15.0. The van der Waals surface area contributed by atoms with Crippen molar-refractivity contribution in [3.8, 4) is 10.6 Å². The van der Waals surface area contributed by atoms with Crippen molar-refractivity contribution in [1.82, 2.24) is 14.7 Å². The van der Waals surface area contributed by atoms with Crippen molar-refractivity contribution in [3.05, 3.63) is 65.2 Å². The molecule has 0 unspecified atom stereocenters. The fraction of sp³-hybridized carbons (Fsp3) is 0.350. The van der Waals surface area contributed by atoms with Crippen molar-refractivity contribution < 1.29 is 0 Å². The van der Waals surface area contributed by atoms with Crippen molar-refractivity contribution in [3.63, 3.8) is 0 Å². The second-order valence-corrected chi connectivity index (χ2v) is 7.81. The van der Waals surface area contributed by atoms with Gasteiger partial charge in [0.15, 0.2) is 0 Å². The molecule has 3 aromatic rings. The smallest absolute Gasteiger partial charge is 0.107 e. The highest BCUT2D eigenvalue weighted by Gasteiger charge is 2.33. The van der Waals surface area contributed by atoms with Gasteiger partial charge in [-0.05, 0) is 29.5 Å². The van der Waals surface area contributed by atoms with E-state index in [1.807, 2.05) is 11.7 Å². The molecule has 2 aromatic heterocycles. The van der Waals surface area contributed by atoms with Gasteiger partial charge < -0.3 is 5.73 Å². The molecule has 0 radical (unpaired) electrons. The van der Waals surface area contributed by atoms with Gasteiger partial charge in [0.25, 0.3) is 0 Å². The summed E-state index contributed by atoms with van der Waals surface area (Å²) in [5.74, 6) is 1.04. The van der Waals surface area contributed by atoms with E-state index in [2.05, 4.69) is 64.0 Å².